The fourth-order valence-corrected chi connectivity index (χ4v) is 7.41. The minimum Gasteiger partial charge on any atom is -0.191 e. The molecule has 2 aliphatic heterocycles. The van der Waals surface area contributed by atoms with E-state index in [0.717, 1.165) is 25.0 Å². The first-order valence-electron chi connectivity index (χ1n) is 14.4. The normalized spacial score (nSPS) is 21.3. The lowest BCUT2D eigenvalue weighted by molar-refractivity contribution is -0.765. The maximum Gasteiger partial charge on any atom is 0.218 e. The molecule has 5 aromatic rings. The lowest BCUT2D eigenvalue weighted by atomic mass is 9.59. The molecule has 2 nitrogen and oxygen atoms in total. The Morgan fingerprint density at radius 1 is 0.725 bits per heavy atom. The summed E-state index contributed by atoms with van der Waals surface area (Å²) in [4.78, 5) is 0. The van der Waals surface area contributed by atoms with E-state index >= 15 is 0 Å². The Bertz CT molecular complexity index is 1780. The number of hydrogen-bond acceptors (Lipinski definition) is 0. The molecule has 7 rings (SSSR count). The lowest BCUT2D eigenvalue weighted by Crippen LogP contribution is -2.68. The first-order valence-corrected chi connectivity index (χ1v) is 14.4. The van der Waals surface area contributed by atoms with Crippen molar-refractivity contribution in [3.63, 3.8) is 0 Å². The number of aryl methyl sites for hydroxylation is 2. The fraction of sp³-hybridized carbons (Fsp3) is 0.211. The Morgan fingerprint density at radius 3 is 2.25 bits per heavy atom. The van der Waals surface area contributed by atoms with Crippen LogP contribution in [0.1, 0.15) is 43.4 Å². The van der Waals surface area contributed by atoms with Crippen molar-refractivity contribution in [2.45, 2.75) is 51.0 Å². The van der Waals surface area contributed by atoms with Gasteiger partial charge >= 0.3 is 0 Å². The zero-order chi connectivity index (χ0) is 27.5. The highest BCUT2D eigenvalue weighted by molar-refractivity contribution is 5.72. The van der Waals surface area contributed by atoms with Crippen LogP contribution in [0.3, 0.4) is 0 Å². The van der Waals surface area contributed by atoms with Crippen molar-refractivity contribution < 1.29 is 9.13 Å². The number of fused-ring (bicyclic) bond motifs is 9. The van der Waals surface area contributed by atoms with Crippen molar-refractivity contribution in [3.8, 4) is 33.6 Å². The summed E-state index contributed by atoms with van der Waals surface area (Å²) in [5, 5.41) is 0. The van der Waals surface area contributed by atoms with Crippen LogP contribution < -0.4 is 9.13 Å². The number of aromatic nitrogens is 2. The predicted molar refractivity (Wildman–Crippen MR) is 164 cm³/mol. The number of hydrogen-bond donors (Lipinski definition) is 0. The Hall–Kier alpha value is -4.30. The summed E-state index contributed by atoms with van der Waals surface area (Å²) in [6, 6.07) is 37.7. The zero-order valence-electron chi connectivity index (χ0n) is 23.7. The zero-order valence-corrected chi connectivity index (χ0v) is 23.7. The van der Waals surface area contributed by atoms with Gasteiger partial charge in [0, 0.05) is 36.2 Å². The molecule has 0 spiro atoms. The van der Waals surface area contributed by atoms with Crippen LogP contribution in [0.15, 0.2) is 122 Å². The Balaban J connectivity index is 1.52. The second-order valence-corrected chi connectivity index (χ2v) is 12.0. The summed E-state index contributed by atoms with van der Waals surface area (Å²) in [7, 11) is 0. The third-order valence-corrected chi connectivity index (χ3v) is 9.83. The molecule has 2 atom stereocenters. The van der Waals surface area contributed by atoms with E-state index in [1.54, 1.807) is 0 Å². The Morgan fingerprint density at radius 2 is 1.43 bits per heavy atom. The molecule has 2 heteroatoms. The maximum atomic E-state index is 4.75. The average Bonchev–Trinajstić information content (AvgIpc) is 2.99. The topological polar surface area (TPSA) is 7.76 Å². The molecule has 40 heavy (non-hydrogen) atoms. The molecular formula is C38H36N2+2. The number of nitrogens with zero attached hydrogens (tertiary/aromatic N) is 2. The van der Waals surface area contributed by atoms with E-state index in [1.807, 2.05) is 0 Å². The summed E-state index contributed by atoms with van der Waals surface area (Å²) in [5.41, 5.74) is 12.5. The van der Waals surface area contributed by atoms with Crippen LogP contribution in [-0.2, 0) is 17.4 Å². The first-order chi connectivity index (χ1) is 19.4. The minimum atomic E-state index is -0.253. The quantitative estimate of drug-likeness (QED) is 0.198. The third-order valence-electron chi connectivity index (χ3n) is 9.83. The monoisotopic (exact) mass is 520 g/mol. The lowest BCUT2D eigenvalue weighted by Gasteiger charge is -2.47. The number of allylic oxidation sites excluding steroid dienone is 1. The molecule has 0 fully saturated rings. The van der Waals surface area contributed by atoms with E-state index in [0.29, 0.717) is 0 Å². The van der Waals surface area contributed by atoms with E-state index in [9.17, 15) is 0 Å². The summed E-state index contributed by atoms with van der Waals surface area (Å²) in [6.45, 7) is 12.0. The molecule has 2 unspecified atom stereocenters. The highest BCUT2D eigenvalue weighted by Gasteiger charge is 2.59. The van der Waals surface area contributed by atoms with Crippen molar-refractivity contribution in [1.82, 2.24) is 0 Å². The second kappa shape index (κ2) is 9.13. The van der Waals surface area contributed by atoms with Gasteiger partial charge in [-0.2, -0.15) is 9.13 Å². The van der Waals surface area contributed by atoms with E-state index in [2.05, 4.69) is 145 Å². The van der Waals surface area contributed by atoms with Crippen molar-refractivity contribution >= 4 is 5.70 Å². The molecule has 0 saturated heterocycles. The van der Waals surface area contributed by atoms with Crippen LogP contribution in [-0.4, -0.2) is 0 Å². The van der Waals surface area contributed by atoms with Crippen molar-refractivity contribution in [2.75, 3.05) is 0 Å². The van der Waals surface area contributed by atoms with Crippen molar-refractivity contribution in [1.29, 1.82) is 0 Å². The number of benzene rings is 3. The predicted octanol–water partition coefficient (Wildman–Crippen LogP) is 8.06. The molecule has 0 radical (unpaired) electrons. The van der Waals surface area contributed by atoms with Gasteiger partial charge in [-0.1, -0.05) is 66.7 Å². The van der Waals surface area contributed by atoms with Gasteiger partial charge in [0.25, 0.3) is 0 Å². The first kappa shape index (κ1) is 24.7. The van der Waals surface area contributed by atoms with E-state index < -0.39 is 0 Å². The maximum absolute atomic E-state index is 4.75. The van der Waals surface area contributed by atoms with Gasteiger partial charge in [0.05, 0.1) is 17.4 Å². The summed E-state index contributed by atoms with van der Waals surface area (Å²) >= 11 is 0. The average molecular weight is 521 g/mol. The molecule has 196 valence electrons. The second-order valence-electron chi connectivity index (χ2n) is 12.0. The summed E-state index contributed by atoms with van der Waals surface area (Å²) in [6.07, 6.45) is 7.49. The van der Waals surface area contributed by atoms with E-state index in [1.165, 1.54) is 50.3 Å². The fourth-order valence-electron chi connectivity index (χ4n) is 7.41. The van der Waals surface area contributed by atoms with Crippen LogP contribution in [0.4, 0.5) is 0 Å². The minimum absolute atomic E-state index is 0.132. The molecule has 4 heterocycles. The van der Waals surface area contributed by atoms with Crippen LogP contribution in [0.5, 0.6) is 0 Å². The van der Waals surface area contributed by atoms with E-state index in [4.69, 9.17) is 6.58 Å². The van der Waals surface area contributed by atoms with Crippen LogP contribution in [0.25, 0.3) is 39.3 Å². The van der Waals surface area contributed by atoms with Crippen LogP contribution >= 0.6 is 0 Å². The molecule has 0 N–H and O–H groups in total. The van der Waals surface area contributed by atoms with Gasteiger partial charge in [0.15, 0.2) is 23.6 Å². The van der Waals surface area contributed by atoms with Crippen molar-refractivity contribution in [3.05, 3.63) is 139 Å². The van der Waals surface area contributed by atoms with Gasteiger partial charge < -0.3 is 0 Å². The van der Waals surface area contributed by atoms with Crippen LogP contribution in [0.2, 0.25) is 0 Å². The van der Waals surface area contributed by atoms with E-state index in [-0.39, 0.29) is 11.0 Å². The molecule has 0 saturated carbocycles. The SMILES string of the molecule is C=C1CC2(C)[n+]3cc(-c4ccccc4)c(C)cc3-c3ccccc3C2(C)CCc2ccccc2-c2cccc[n+]21. The summed E-state index contributed by atoms with van der Waals surface area (Å²) in [5.74, 6) is 0. The third kappa shape index (κ3) is 3.55. The van der Waals surface area contributed by atoms with Gasteiger partial charge in [0.1, 0.15) is 0 Å². The Kier molecular flexibility index (Phi) is 5.64. The van der Waals surface area contributed by atoms with Gasteiger partial charge in [0.2, 0.25) is 11.4 Å². The Labute approximate surface area is 237 Å². The summed E-state index contributed by atoms with van der Waals surface area (Å²) < 4.78 is 4.93. The van der Waals surface area contributed by atoms with Crippen LogP contribution in [0, 0.1) is 6.92 Å². The molecule has 2 aromatic heterocycles. The number of pyridine rings is 2. The highest BCUT2D eigenvalue weighted by Crippen LogP contribution is 2.52. The van der Waals surface area contributed by atoms with Gasteiger partial charge in [-0.05, 0) is 73.7 Å². The largest absolute Gasteiger partial charge is 0.218 e. The van der Waals surface area contributed by atoms with Gasteiger partial charge in [-0.25, -0.2) is 0 Å². The van der Waals surface area contributed by atoms with Gasteiger partial charge in [-0.15, -0.1) is 0 Å². The van der Waals surface area contributed by atoms with Gasteiger partial charge in [-0.3, -0.25) is 0 Å². The smallest absolute Gasteiger partial charge is 0.191 e. The molecule has 3 aromatic carbocycles. The molecule has 2 aliphatic rings. The van der Waals surface area contributed by atoms with Crippen molar-refractivity contribution in [2.24, 2.45) is 0 Å². The molecule has 0 bridgehead atoms. The molecular weight excluding hydrogens is 484 g/mol. The standard InChI is InChI=1S/C38H36N2/c1-27-24-36-32-18-10-11-19-34(32)37(3)22-21-30-16-8-9-17-31(30)35-20-12-13-23-39(35)28(2)25-38(37,4)40(36)26-33(27)29-14-6-5-7-15-29/h5-20,23-24,26H,2,21-22,25H2,1,3-4H3/q+2. The molecule has 0 amide bonds. The molecule has 0 aliphatic carbocycles. The highest BCUT2D eigenvalue weighted by atomic mass is 15.1. The number of rotatable bonds is 1.